The molecule has 1 atom stereocenters. The fourth-order valence-electron chi connectivity index (χ4n) is 3.09. The number of fused-ring (bicyclic) bond motifs is 3. The first kappa shape index (κ1) is 13.0. The van der Waals surface area contributed by atoms with E-state index in [1.54, 1.807) is 0 Å². The normalized spacial score (nSPS) is 17.2. The number of nitrogens with zero attached hydrogens (tertiary/aromatic N) is 1. The van der Waals surface area contributed by atoms with Gasteiger partial charge < -0.3 is 9.88 Å². The topological polar surface area (TPSA) is 36.1 Å². The molecule has 104 valence electrons. The van der Waals surface area contributed by atoms with Crippen LogP contribution in [0.25, 0.3) is 10.9 Å². The zero-order chi connectivity index (χ0) is 14.1. The zero-order valence-corrected chi connectivity index (χ0v) is 12.0. The Morgan fingerprint density at radius 1 is 1.30 bits per heavy atom. The Hall–Kier alpha value is -2.03. The van der Waals surface area contributed by atoms with Crippen LogP contribution in [0.15, 0.2) is 36.4 Å². The summed E-state index contributed by atoms with van der Waals surface area (Å²) in [5, 5.41) is 1.18. The van der Waals surface area contributed by atoms with E-state index in [-0.39, 0.29) is 11.8 Å². The molecule has 0 bridgehead atoms. The first-order chi connectivity index (χ1) is 9.76. The van der Waals surface area contributed by atoms with Gasteiger partial charge in [0.2, 0.25) is 5.91 Å². The molecule has 1 aromatic heterocycles. The highest BCUT2D eigenvalue weighted by Crippen LogP contribution is 2.34. The summed E-state index contributed by atoms with van der Waals surface area (Å²) in [7, 11) is 0. The van der Waals surface area contributed by atoms with Crippen molar-refractivity contribution < 1.29 is 4.79 Å². The molecule has 1 aliphatic carbocycles. The monoisotopic (exact) mass is 268 g/mol. The summed E-state index contributed by atoms with van der Waals surface area (Å²) in [6.07, 6.45) is 5.04. The minimum atomic E-state index is -0.144. The molecule has 1 unspecified atom stereocenters. The Kier molecular flexibility index (Phi) is 3.35. The van der Waals surface area contributed by atoms with Gasteiger partial charge in [-0.05, 0) is 25.5 Å². The van der Waals surface area contributed by atoms with Gasteiger partial charge in [0.25, 0.3) is 0 Å². The Morgan fingerprint density at radius 3 is 2.80 bits per heavy atom. The van der Waals surface area contributed by atoms with E-state index in [9.17, 15) is 4.79 Å². The lowest BCUT2D eigenvalue weighted by molar-refractivity contribution is -0.131. The van der Waals surface area contributed by atoms with Crippen LogP contribution in [-0.2, 0) is 11.2 Å². The molecule has 0 spiro atoms. The second-order valence-corrected chi connectivity index (χ2v) is 5.18. The largest absolute Gasteiger partial charge is 0.358 e. The summed E-state index contributed by atoms with van der Waals surface area (Å²) >= 11 is 0. The number of hydrogen-bond donors (Lipinski definition) is 1. The van der Waals surface area contributed by atoms with Crippen LogP contribution in [0, 0.1) is 0 Å². The highest BCUT2D eigenvalue weighted by molar-refractivity contribution is 5.95. The maximum absolute atomic E-state index is 12.7. The van der Waals surface area contributed by atoms with Crippen molar-refractivity contribution in [1.82, 2.24) is 9.88 Å². The quantitative estimate of drug-likeness (QED) is 0.852. The van der Waals surface area contributed by atoms with Crippen LogP contribution in [0.4, 0.5) is 0 Å². The SMILES string of the molecule is CCN(CC)C(=O)C1C=CCc2[nH]c3ccccc3c21. The number of nitrogens with one attached hydrogen (secondary N) is 1. The molecule has 0 fully saturated rings. The molecule has 20 heavy (non-hydrogen) atoms. The lowest BCUT2D eigenvalue weighted by atomic mass is 9.89. The van der Waals surface area contributed by atoms with Gasteiger partial charge in [-0.15, -0.1) is 0 Å². The predicted molar refractivity (Wildman–Crippen MR) is 81.8 cm³/mol. The summed E-state index contributed by atoms with van der Waals surface area (Å²) < 4.78 is 0. The second-order valence-electron chi connectivity index (χ2n) is 5.18. The lowest BCUT2D eigenvalue weighted by Gasteiger charge is -2.25. The predicted octanol–water partition coefficient (Wildman–Crippen LogP) is 3.23. The first-order valence-corrected chi connectivity index (χ1v) is 7.31. The van der Waals surface area contributed by atoms with E-state index in [0.29, 0.717) is 0 Å². The number of carbonyl (C=O) groups excluding carboxylic acids is 1. The van der Waals surface area contributed by atoms with Crippen molar-refractivity contribution in [2.75, 3.05) is 13.1 Å². The number of rotatable bonds is 3. The molecule has 0 saturated heterocycles. The molecule has 2 aromatic rings. The number of likely N-dealkylation sites (N-methyl/N-ethyl adjacent to an activating group) is 1. The smallest absolute Gasteiger partial charge is 0.234 e. The summed E-state index contributed by atoms with van der Waals surface area (Å²) in [6, 6.07) is 8.24. The van der Waals surface area contributed by atoms with Crippen molar-refractivity contribution in [3.63, 3.8) is 0 Å². The fourth-order valence-corrected chi connectivity index (χ4v) is 3.09. The number of amides is 1. The molecule has 0 radical (unpaired) electrons. The molecule has 3 heteroatoms. The molecular weight excluding hydrogens is 248 g/mol. The summed E-state index contributed by atoms with van der Waals surface area (Å²) in [5.74, 6) is 0.0618. The summed E-state index contributed by atoms with van der Waals surface area (Å²) in [5.41, 5.74) is 3.47. The zero-order valence-electron chi connectivity index (χ0n) is 12.0. The van der Waals surface area contributed by atoms with Crippen LogP contribution < -0.4 is 0 Å². The third-order valence-electron chi connectivity index (χ3n) is 4.13. The molecule has 0 saturated carbocycles. The number of allylic oxidation sites excluding steroid dienone is 1. The van der Waals surface area contributed by atoms with Gasteiger partial charge in [-0.25, -0.2) is 0 Å². The number of aromatic amines is 1. The molecule has 1 aliphatic rings. The van der Waals surface area contributed by atoms with Crippen LogP contribution in [0.3, 0.4) is 0 Å². The van der Waals surface area contributed by atoms with E-state index in [1.165, 1.54) is 16.6 Å². The van der Waals surface area contributed by atoms with E-state index in [4.69, 9.17) is 0 Å². The van der Waals surface area contributed by atoms with Gasteiger partial charge in [0, 0.05) is 36.1 Å². The maximum atomic E-state index is 12.7. The number of hydrogen-bond acceptors (Lipinski definition) is 1. The van der Waals surface area contributed by atoms with Gasteiger partial charge in [-0.1, -0.05) is 30.4 Å². The second kappa shape index (κ2) is 5.16. The Morgan fingerprint density at radius 2 is 2.05 bits per heavy atom. The minimum absolute atomic E-state index is 0.144. The number of carbonyl (C=O) groups is 1. The van der Waals surface area contributed by atoms with E-state index < -0.39 is 0 Å². The van der Waals surface area contributed by atoms with E-state index in [1.807, 2.05) is 30.9 Å². The van der Waals surface area contributed by atoms with Gasteiger partial charge in [0.1, 0.15) is 0 Å². The molecule has 3 rings (SSSR count). The summed E-state index contributed by atoms with van der Waals surface area (Å²) in [6.45, 7) is 5.59. The van der Waals surface area contributed by atoms with Crippen molar-refractivity contribution in [2.24, 2.45) is 0 Å². The molecular formula is C17H20N2O. The van der Waals surface area contributed by atoms with Crippen molar-refractivity contribution in [1.29, 1.82) is 0 Å². The van der Waals surface area contributed by atoms with Crippen molar-refractivity contribution >= 4 is 16.8 Å². The number of H-pyrrole nitrogens is 1. The van der Waals surface area contributed by atoms with Crippen molar-refractivity contribution in [3.05, 3.63) is 47.7 Å². The molecule has 1 amide bonds. The minimum Gasteiger partial charge on any atom is -0.358 e. The van der Waals surface area contributed by atoms with Crippen molar-refractivity contribution in [2.45, 2.75) is 26.2 Å². The number of para-hydroxylation sites is 1. The van der Waals surface area contributed by atoms with Gasteiger partial charge in [0.05, 0.1) is 5.92 Å². The molecule has 1 heterocycles. The third kappa shape index (κ3) is 1.94. The highest BCUT2D eigenvalue weighted by Gasteiger charge is 2.29. The number of aromatic nitrogens is 1. The first-order valence-electron chi connectivity index (χ1n) is 7.31. The Balaban J connectivity index is 2.09. The van der Waals surface area contributed by atoms with Gasteiger partial charge in [-0.3, -0.25) is 4.79 Å². The molecule has 0 aliphatic heterocycles. The lowest BCUT2D eigenvalue weighted by Crippen LogP contribution is -2.35. The van der Waals surface area contributed by atoms with Crippen LogP contribution in [0.2, 0.25) is 0 Å². The summed E-state index contributed by atoms with van der Waals surface area (Å²) in [4.78, 5) is 18.1. The standard InChI is InChI=1S/C17H20N2O/c1-3-19(4-2)17(20)13-9-7-11-15-16(13)12-8-5-6-10-14(12)18-15/h5-10,13,18H,3-4,11H2,1-2H3. The number of benzene rings is 1. The highest BCUT2D eigenvalue weighted by atomic mass is 16.2. The van der Waals surface area contributed by atoms with Gasteiger partial charge >= 0.3 is 0 Å². The molecule has 3 nitrogen and oxygen atoms in total. The third-order valence-corrected chi connectivity index (χ3v) is 4.13. The van der Waals surface area contributed by atoms with E-state index >= 15 is 0 Å². The van der Waals surface area contributed by atoms with E-state index in [2.05, 4.69) is 29.3 Å². The molecule has 1 aromatic carbocycles. The van der Waals surface area contributed by atoms with Crippen LogP contribution in [-0.4, -0.2) is 28.9 Å². The average molecular weight is 268 g/mol. The van der Waals surface area contributed by atoms with Gasteiger partial charge in [-0.2, -0.15) is 0 Å². The van der Waals surface area contributed by atoms with Crippen LogP contribution in [0.1, 0.15) is 31.0 Å². The Bertz CT molecular complexity index is 665. The van der Waals surface area contributed by atoms with Gasteiger partial charge in [0.15, 0.2) is 0 Å². The molecule has 1 N–H and O–H groups in total. The van der Waals surface area contributed by atoms with Crippen molar-refractivity contribution in [3.8, 4) is 0 Å². The van der Waals surface area contributed by atoms with Crippen LogP contribution >= 0.6 is 0 Å². The Labute approximate surface area is 119 Å². The fraction of sp³-hybridized carbons (Fsp3) is 0.353. The average Bonchev–Trinajstić information content (AvgIpc) is 2.86. The maximum Gasteiger partial charge on any atom is 0.234 e. The van der Waals surface area contributed by atoms with E-state index in [0.717, 1.165) is 25.0 Å². The van der Waals surface area contributed by atoms with Crippen LogP contribution in [0.5, 0.6) is 0 Å².